The first-order valence-electron chi connectivity index (χ1n) is 6.48. The third-order valence-corrected chi connectivity index (χ3v) is 2.46. The standard InChI is InChI=1S/C12H20F3N3O2/c1-8(2)5-9(16)6-11-17-10(18-20-11)3-4-19-7-12(13,14)15/h8-9H,3-7,16H2,1-2H3. The Morgan fingerprint density at radius 2 is 2.05 bits per heavy atom. The fourth-order valence-electron chi connectivity index (χ4n) is 1.74. The summed E-state index contributed by atoms with van der Waals surface area (Å²) in [7, 11) is 0. The number of nitrogens with two attached hydrogens (primary N) is 1. The highest BCUT2D eigenvalue weighted by molar-refractivity contribution is 4.89. The lowest BCUT2D eigenvalue weighted by Gasteiger charge is -2.10. The highest BCUT2D eigenvalue weighted by atomic mass is 19.4. The second-order valence-electron chi connectivity index (χ2n) is 5.12. The Hall–Kier alpha value is -1.15. The lowest BCUT2D eigenvalue weighted by molar-refractivity contribution is -0.173. The van der Waals surface area contributed by atoms with Crippen molar-refractivity contribution in [3.05, 3.63) is 11.7 Å². The van der Waals surface area contributed by atoms with Crippen LogP contribution < -0.4 is 5.73 Å². The first-order valence-corrected chi connectivity index (χ1v) is 6.48. The zero-order valence-corrected chi connectivity index (χ0v) is 11.6. The van der Waals surface area contributed by atoms with Crippen LogP contribution in [-0.2, 0) is 17.6 Å². The Kier molecular flexibility index (Phi) is 6.41. The molecule has 0 amide bonds. The van der Waals surface area contributed by atoms with Crippen molar-refractivity contribution in [2.45, 2.75) is 45.3 Å². The number of hydrogen-bond donors (Lipinski definition) is 1. The Labute approximate surface area is 115 Å². The SMILES string of the molecule is CC(C)CC(N)Cc1nc(CCOCC(F)(F)F)no1. The van der Waals surface area contributed by atoms with Crippen LogP contribution in [0.15, 0.2) is 4.52 Å². The van der Waals surface area contributed by atoms with Crippen LogP contribution in [0.4, 0.5) is 13.2 Å². The summed E-state index contributed by atoms with van der Waals surface area (Å²) in [5.41, 5.74) is 5.91. The topological polar surface area (TPSA) is 74.2 Å². The van der Waals surface area contributed by atoms with Crippen LogP contribution in [0.1, 0.15) is 32.0 Å². The van der Waals surface area contributed by atoms with Gasteiger partial charge in [-0.05, 0) is 12.3 Å². The molecule has 0 radical (unpaired) electrons. The van der Waals surface area contributed by atoms with E-state index in [9.17, 15) is 13.2 Å². The molecule has 0 fully saturated rings. The third kappa shape index (κ3) is 7.44. The summed E-state index contributed by atoms with van der Waals surface area (Å²) in [4.78, 5) is 4.07. The highest BCUT2D eigenvalue weighted by Crippen LogP contribution is 2.14. The number of ether oxygens (including phenoxy) is 1. The van der Waals surface area contributed by atoms with Gasteiger partial charge in [0.15, 0.2) is 5.82 Å². The lowest BCUT2D eigenvalue weighted by Crippen LogP contribution is -2.24. The van der Waals surface area contributed by atoms with Gasteiger partial charge >= 0.3 is 6.18 Å². The molecule has 1 rings (SSSR count). The van der Waals surface area contributed by atoms with Gasteiger partial charge in [0.05, 0.1) is 6.61 Å². The number of rotatable bonds is 8. The molecule has 2 N–H and O–H groups in total. The molecule has 1 aromatic rings. The quantitative estimate of drug-likeness (QED) is 0.743. The van der Waals surface area contributed by atoms with Gasteiger partial charge in [-0.2, -0.15) is 18.2 Å². The molecule has 5 nitrogen and oxygen atoms in total. The van der Waals surface area contributed by atoms with Gasteiger partial charge in [-0.3, -0.25) is 0 Å². The van der Waals surface area contributed by atoms with Crippen LogP contribution >= 0.6 is 0 Å². The second kappa shape index (κ2) is 7.58. The fourth-order valence-corrected chi connectivity index (χ4v) is 1.74. The maximum Gasteiger partial charge on any atom is 0.411 e. The van der Waals surface area contributed by atoms with Gasteiger partial charge in [0, 0.05) is 18.9 Å². The van der Waals surface area contributed by atoms with Crippen LogP contribution in [0.2, 0.25) is 0 Å². The highest BCUT2D eigenvalue weighted by Gasteiger charge is 2.27. The monoisotopic (exact) mass is 295 g/mol. The summed E-state index contributed by atoms with van der Waals surface area (Å²) in [5, 5.41) is 3.68. The largest absolute Gasteiger partial charge is 0.411 e. The van der Waals surface area contributed by atoms with E-state index in [-0.39, 0.29) is 19.1 Å². The molecule has 1 unspecified atom stereocenters. The van der Waals surface area contributed by atoms with Crippen molar-refractivity contribution in [3.8, 4) is 0 Å². The minimum Gasteiger partial charge on any atom is -0.372 e. The Balaban J connectivity index is 2.29. The molecule has 0 aliphatic rings. The van der Waals surface area contributed by atoms with Crippen LogP contribution in [0.5, 0.6) is 0 Å². The summed E-state index contributed by atoms with van der Waals surface area (Å²) >= 11 is 0. The molecule has 116 valence electrons. The molecule has 0 spiro atoms. The van der Waals surface area contributed by atoms with E-state index in [0.717, 1.165) is 6.42 Å². The van der Waals surface area contributed by atoms with Crippen molar-refractivity contribution in [2.75, 3.05) is 13.2 Å². The van der Waals surface area contributed by atoms with E-state index in [1.165, 1.54) is 0 Å². The molecule has 0 aliphatic heterocycles. The first-order chi connectivity index (χ1) is 9.26. The zero-order chi connectivity index (χ0) is 15.2. The second-order valence-corrected chi connectivity index (χ2v) is 5.12. The fraction of sp³-hybridized carbons (Fsp3) is 0.833. The minimum absolute atomic E-state index is 0.0650. The van der Waals surface area contributed by atoms with Crippen LogP contribution in [-0.4, -0.2) is 35.6 Å². The molecule has 20 heavy (non-hydrogen) atoms. The van der Waals surface area contributed by atoms with E-state index in [4.69, 9.17) is 10.3 Å². The maximum absolute atomic E-state index is 11.8. The summed E-state index contributed by atoms with van der Waals surface area (Å²) < 4.78 is 45.0. The van der Waals surface area contributed by atoms with E-state index in [2.05, 4.69) is 28.7 Å². The van der Waals surface area contributed by atoms with Crippen molar-refractivity contribution < 1.29 is 22.4 Å². The lowest BCUT2D eigenvalue weighted by atomic mass is 10.0. The number of alkyl halides is 3. The molecule has 1 heterocycles. The number of hydrogen-bond acceptors (Lipinski definition) is 5. The smallest absolute Gasteiger partial charge is 0.372 e. The molecule has 1 atom stereocenters. The number of nitrogens with zero attached hydrogens (tertiary/aromatic N) is 2. The van der Waals surface area contributed by atoms with Crippen LogP contribution in [0.25, 0.3) is 0 Å². The molecule has 0 saturated heterocycles. The van der Waals surface area contributed by atoms with E-state index >= 15 is 0 Å². The zero-order valence-electron chi connectivity index (χ0n) is 11.6. The molecule has 1 aromatic heterocycles. The Morgan fingerprint density at radius 1 is 1.35 bits per heavy atom. The molecular formula is C12H20F3N3O2. The predicted octanol–water partition coefficient (Wildman–Crippen LogP) is 2.11. The van der Waals surface area contributed by atoms with Gasteiger partial charge in [-0.15, -0.1) is 0 Å². The Morgan fingerprint density at radius 3 is 2.65 bits per heavy atom. The van der Waals surface area contributed by atoms with E-state index in [1.807, 2.05) is 0 Å². The van der Waals surface area contributed by atoms with Gasteiger partial charge in [0.25, 0.3) is 0 Å². The molecule has 0 bridgehead atoms. The van der Waals surface area contributed by atoms with Crippen molar-refractivity contribution in [1.82, 2.24) is 10.1 Å². The summed E-state index contributed by atoms with van der Waals surface area (Å²) in [6, 6.07) is -0.0650. The van der Waals surface area contributed by atoms with Crippen molar-refractivity contribution in [1.29, 1.82) is 0 Å². The third-order valence-electron chi connectivity index (χ3n) is 2.46. The molecule has 8 heteroatoms. The molecule has 0 saturated carbocycles. The van der Waals surface area contributed by atoms with Crippen molar-refractivity contribution >= 4 is 0 Å². The van der Waals surface area contributed by atoms with Gasteiger partial charge < -0.3 is 15.0 Å². The van der Waals surface area contributed by atoms with Gasteiger partial charge in [-0.25, -0.2) is 0 Å². The average molecular weight is 295 g/mol. The Bertz CT molecular complexity index is 394. The summed E-state index contributed by atoms with van der Waals surface area (Å²) in [6.07, 6.45) is -2.83. The van der Waals surface area contributed by atoms with E-state index < -0.39 is 12.8 Å². The minimum atomic E-state index is -4.31. The van der Waals surface area contributed by atoms with Gasteiger partial charge in [0.1, 0.15) is 6.61 Å². The van der Waals surface area contributed by atoms with E-state index in [0.29, 0.717) is 24.1 Å². The van der Waals surface area contributed by atoms with Crippen LogP contribution in [0, 0.1) is 5.92 Å². The molecular weight excluding hydrogens is 275 g/mol. The van der Waals surface area contributed by atoms with E-state index in [1.54, 1.807) is 0 Å². The number of halogens is 3. The van der Waals surface area contributed by atoms with Gasteiger partial charge in [-0.1, -0.05) is 19.0 Å². The molecule has 0 aromatic carbocycles. The van der Waals surface area contributed by atoms with Crippen LogP contribution in [0.3, 0.4) is 0 Å². The predicted molar refractivity (Wildman–Crippen MR) is 66.0 cm³/mol. The summed E-state index contributed by atoms with van der Waals surface area (Å²) in [5.74, 6) is 1.21. The maximum atomic E-state index is 11.8. The molecule has 0 aliphatic carbocycles. The normalized spacial score (nSPS) is 13.9. The van der Waals surface area contributed by atoms with Gasteiger partial charge in [0.2, 0.25) is 5.89 Å². The van der Waals surface area contributed by atoms with Crippen molar-refractivity contribution in [3.63, 3.8) is 0 Å². The van der Waals surface area contributed by atoms with Crippen molar-refractivity contribution in [2.24, 2.45) is 11.7 Å². The first kappa shape index (κ1) is 16.9. The average Bonchev–Trinajstić information content (AvgIpc) is 2.69. The summed E-state index contributed by atoms with van der Waals surface area (Å²) in [6.45, 7) is 2.77. The number of aromatic nitrogens is 2.